The molecule has 0 spiro atoms. The van der Waals surface area contributed by atoms with Crippen LogP contribution in [0.1, 0.15) is 15.9 Å². The van der Waals surface area contributed by atoms with Crippen LogP contribution in [0.5, 0.6) is 0 Å². The van der Waals surface area contributed by atoms with E-state index in [1.807, 2.05) is 84.2 Å². The molecule has 0 aliphatic carbocycles. The smallest absolute Gasteiger partial charge is 0.251 e. The number of hydrogen-bond acceptors (Lipinski definition) is 4. The van der Waals surface area contributed by atoms with Crippen LogP contribution in [0, 0.1) is 0 Å². The molecule has 140 valence electrons. The van der Waals surface area contributed by atoms with Gasteiger partial charge in [-0.1, -0.05) is 12.1 Å². The maximum Gasteiger partial charge on any atom is 0.251 e. The zero-order chi connectivity index (χ0) is 19.5. The highest BCUT2D eigenvalue weighted by Crippen LogP contribution is 2.17. The molecule has 2 aromatic heterocycles. The van der Waals surface area contributed by atoms with Crippen molar-refractivity contribution < 1.29 is 4.79 Å². The molecule has 0 saturated carbocycles. The van der Waals surface area contributed by atoms with E-state index in [4.69, 9.17) is 0 Å². The lowest BCUT2D eigenvalue weighted by Gasteiger charge is -2.13. The molecule has 28 heavy (non-hydrogen) atoms. The standard InChI is InChI=1S/C22H21N5O/c1-26(2)18-9-5-16(6-10-18)14-24-22(28)17-7-11-19(12-8-17)27-15-25-20-4-3-13-23-21(20)27/h3-13,15H,14H2,1-2H3,(H,24,28). The number of rotatable bonds is 5. The molecule has 2 heterocycles. The topological polar surface area (TPSA) is 63.1 Å². The number of nitrogens with zero attached hydrogens (tertiary/aromatic N) is 4. The maximum atomic E-state index is 12.5. The number of imidazole rings is 1. The molecule has 0 fully saturated rings. The molecule has 0 aliphatic heterocycles. The molecule has 4 aromatic rings. The summed E-state index contributed by atoms with van der Waals surface area (Å²) < 4.78 is 1.91. The Morgan fingerprint density at radius 2 is 1.75 bits per heavy atom. The summed E-state index contributed by atoms with van der Waals surface area (Å²) in [4.78, 5) is 23.2. The number of hydrogen-bond donors (Lipinski definition) is 1. The molecule has 1 N–H and O–H groups in total. The Hall–Kier alpha value is -3.67. The first-order valence-corrected chi connectivity index (χ1v) is 9.05. The number of carbonyl (C=O) groups is 1. The van der Waals surface area contributed by atoms with Crippen molar-refractivity contribution in [1.29, 1.82) is 0 Å². The first-order valence-electron chi connectivity index (χ1n) is 9.05. The molecule has 2 aromatic carbocycles. The first-order chi connectivity index (χ1) is 13.6. The van der Waals surface area contributed by atoms with Crippen LogP contribution in [-0.4, -0.2) is 34.5 Å². The Morgan fingerprint density at radius 1 is 1.00 bits per heavy atom. The van der Waals surface area contributed by atoms with Gasteiger partial charge in [-0.2, -0.15) is 0 Å². The second kappa shape index (κ2) is 7.52. The molecule has 0 bridgehead atoms. The van der Waals surface area contributed by atoms with Crippen LogP contribution in [-0.2, 0) is 6.54 Å². The molecule has 0 atom stereocenters. The normalized spacial score (nSPS) is 10.8. The third kappa shape index (κ3) is 3.57. The van der Waals surface area contributed by atoms with Gasteiger partial charge in [0.15, 0.2) is 5.65 Å². The van der Waals surface area contributed by atoms with Crippen molar-refractivity contribution in [2.75, 3.05) is 19.0 Å². The summed E-state index contributed by atoms with van der Waals surface area (Å²) in [5, 5.41) is 2.96. The van der Waals surface area contributed by atoms with Gasteiger partial charge in [-0.3, -0.25) is 9.36 Å². The minimum absolute atomic E-state index is 0.100. The van der Waals surface area contributed by atoms with E-state index in [1.165, 1.54) is 0 Å². The second-order valence-corrected chi connectivity index (χ2v) is 6.75. The molecule has 6 heteroatoms. The fraction of sp³-hybridized carbons (Fsp3) is 0.136. The highest BCUT2D eigenvalue weighted by Gasteiger charge is 2.08. The summed E-state index contributed by atoms with van der Waals surface area (Å²) in [6.07, 6.45) is 3.48. The monoisotopic (exact) mass is 371 g/mol. The van der Waals surface area contributed by atoms with Gasteiger partial charge < -0.3 is 10.2 Å². The van der Waals surface area contributed by atoms with Crippen molar-refractivity contribution in [3.05, 3.63) is 84.3 Å². The minimum atomic E-state index is -0.100. The van der Waals surface area contributed by atoms with Crippen LogP contribution >= 0.6 is 0 Å². The van der Waals surface area contributed by atoms with Crippen LogP contribution in [0.3, 0.4) is 0 Å². The van der Waals surface area contributed by atoms with Crippen molar-refractivity contribution in [2.24, 2.45) is 0 Å². The van der Waals surface area contributed by atoms with Crippen LogP contribution in [0.2, 0.25) is 0 Å². The van der Waals surface area contributed by atoms with Crippen LogP contribution < -0.4 is 10.2 Å². The SMILES string of the molecule is CN(C)c1ccc(CNC(=O)c2ccc(-n3cnc4cccnc43)cc2)cc1. The van der Waals surface area contributed by atoms with E-state index in [0.29, 0.717) is 12.1 Å². The molecule has 0 radical (unpaired) electrons. The summed E-state index contributed by atoms with van der Waals surface area (Å²) in [5.74, 6) is -0.100. The van der Waals surface area contributed by atoms with Gasteiger partial charge in [-0.25, -0.2) is 9.97 Å². The number of carbonyl (C=O) groups excluding carboxylic acids is 1. The van der Waals surface area contributed by atoms with E-state index in [2.05, 4.69) is 15.3 Å². The molecule has 0 unspecified atom stereocenters. The summed E-state index contributed by atoms with van der Waals surface area (Å²) in [5.41, 5.74) is 5.35. The molecule has 4 rings (SSSR count). The van der Waals surface area contributed by atoms with E-state index in [1.54, 1.807) is 12.5 Å². The average molecular weight is 371 g/mol. The first kappa shape index (κ1) is 17.7. The van der Waals surface area contributed by atoms with Gasteiger partial charge in [-0.15, -0.1) is 0 Å². The predicted molar refractivity (Wildman–Crippen MR) is 111 cm³/mol. The van der Waals surface area contributed by atoms with Gasteiger partial charge in [-0.05, 0) is 54.1 Å². The quantitative estimate of drug-likeness (QED) is 0.584. The molecule has 6 nitrogen and oxygen atoms in total. The van der Waals surface area contributed by atoms with E-state index >= 15 is 0 Å². The maximum absolute atomic E-state index is 12.5. The van der Waals surface area contributed by atoms with Crippen molar-refractivity contribution in [3.8, 4) is 5.69 Å². The lowest BCUT2D eigenvalue weighted by Crippen LogP contribution is -2.22. The highest BCUT2D eigenvalue weighted by atomic mass is 16.1. The molecular weight excluding hydrogens is 350 g/mol. The summed E-state index contributed by atoms with van der Waals surface area (Å²) in [6, 6.07) is 19.3. The fourth-order valence-electron chi connectivity index (χ4n) is 3.01. The third-order valence-electron chi connectivity index (χ3n) is 4.62. The van der Waals surface area contributed by atoms with E-state index in [9.17, 15) is 4.79 Å². The highest BCUT2D eigenvalue weighted by molar-refractivity contribution is 5.94. The van der Waals surface area contributed by atoms with E-state index in [-0.39, 0.29) is 5.91 Å². The number of nitrogens with one attached hydrogen (secondary N) is 1. The summed E-state index contributed by atoms with van der Waals surface area (Å²) in [6.45, 7) is 0.490. The van der Waals surface area contributed by atoms with Crippen molar-refractivity contribution in [2.45, 2.75) is 6.54 Å². The number of benzene rings is 2. The summed E-state index contributed by atoms with van der Waals surface area (Å²) >= 11 is 0. The minimum Gasteiger partial charge on any atom is -0.378 e. The number of anilines is 1. The van der Waals surface area contributed by atoms with E-state index < -0.39 is 0 Å². The number of fused-ring (bicyclic) bond motifs is 1. The molecule has 0 saturated heterocycles. The zero-order valence-corrected chi connectivity index (χ0v) is 15.8. The van der Waals surface area contributed by atoms with Gasteiger partial charge in [0, 0.05) is 43.8 Å². The number of amides is 1. The van der Waals surface area contributed by atoms with E-state index in [0.717, 1.165) is 28.1 Å². The van der Waals surface area contributed by atoms with Gasteiger partial charge in [0.25, 0.3) is 5.91 Å². The van der Waals surface area contributed by atoms with Crippen molar-refractivity contribution in [3.63, 3.8) is 0 Å². The van der Waals surface area contributed by atoms with Gasteiger partial charge >= 0.3 is 0 Å². The Kier molecular flexibility index (Phi) is 4.76. The summed E-state index contributed by atoms with van der Waals surface area (Å²) in [7, 11) is 4.01. The third-order valence-corrected chi connectivity index (χ3v) is 4.62. The Balaban J connectivity index is 1.44. The fourth-order valence-corrected chi connectivity index (χ4v) is 3.01. The van der Waals surface area contributed by atoms with Gasteiger partial charge in [0.1, 0.15) is 11.8 Å². The zero-order valence-electron chi connectivity index (χ0n) is 15.8. The predicted octanol–water partition coefficient (Wildman–Crippen LogP) is 3.42. The lowest BCUT2D eigenvalue weighted by atomic mass is 10.1. The average Bonchev–Trinajstić information content (AvgIpc) is 3.16. The van der Waals surface area contributed by atoms with Crippen LogP contribution in [0.25, 0.3) is 16.9 Å². The van der Waals surface area contributed by atoms with Gasteiger partial charge in [0.2, 0.25) is 0 Å². The van der Waals surface area contributed by atoms with Crippen LogP contribution in [0.15, 0.2) is 73.2 Å². The molecule has 1 amide bonds. The van der Waals surface area contributed by atoms with Crippen molar-refractivity contribution >= 4 is 22.8 Å². The lowest BCUT2D eigenvalue weighted by molar-refractivity contribution is 0.0951. The van der Waals surface area contributed by atoms with Crippen molar-refractivity contribution in [1.82, 2.24) is 19.9 Å². The second-order valence-electron chi connectivity index (χ2n) is 6.75. The van der Waals surface area contributed by atoms with Gasteiger partial charge in [0.05, 0.1) is 0 Å². The number of pyridine rings is 1. The Bertz CT molecular complexity index is 1100. The Labute approximate surface area is 163 Å². The largest absolute Gasteiger partial charge is 0.378 e. The molecular formula is C22H21N5O. The Morgan fingerprint density at radius 3 is 2.46 bits per heavy atom. The van der Waals surface area contributed by atoms with Crippen LogP contribution in [0.4, 0.5) is 5.69 Å². The molecule has 0 aliphatic rings. The number of aromatic nitrogens is 3.